The standard InChI is InChI=1S/C16H12BrFN4O2S/c17-11-4-3-9(18)8-10(11)14(24)19-7-5-13(23)22-16-21-12-2-1-6-20-15(12)25-16/h1-4,6,8H,5,7H2,(H,19,24)(H,21,22,23). The molecule has 3 rings (SSSR count). The second kappa shape index (κ2) is 7.66. The van der Waals surface area contributed by atoms with Gasteiger partial charge in [0, 0.05) is 23.6 Å². The van der Waals surface area contributed by atoms with E-state index in [1.165, 1.54) is 23.5 Å². The summed E-state index contributed by atoms with van der Waals surface area (Å²) in [7, 11) is 0. The van der Waals surface area contributed by atoms with E-state index in [9.17, 15) is 14.0 Å². The van der Waals surface area contributed by atoms with Crippen LogP contribution in [0, 0.1) is 5.82 Å². The Morgan fingerprint density at radius 3 is 2.92 bits per heavy atom. The summed E-state index contributed by atoms with van der Waals surface area (Å²) in [6, 6.07) is 7.42. The van der Waals surface area contributed by atoms with Gasteiger partial charge in [0.2, 0.25) is 5.91 Å². The lowest BCUT2D eigenvalue weighted by atomic mass is 10.2. The molecular weight excluding hydrogens is 411 g/mol. The molecule has 0 aliphatic carbocycles. The van der Waals surface area contributed by atoms with Gasteiger partial charge in [-0.1, -0.05) is 11.3 Å². The summed E-state index contributed by atoms with van der Waals surface area (Å²) in [6.45, 7) is 0.122. The highest BCUT2D eigenvalue weighted by Crippen LogP contribution is 2.23. The first kappa shape index (κ1) is 17.4. The predicted molar refractivity (Wildman–Crippen MR) is 97.1 cm³/mol. The van der Waals surface area contributed by atoms with E-state index in [1.54, 1.807) is 12.3 Å². The van der Waals surface area contributed by atoms with Crippen LogP contribution < -0.4 is 10.6 Å². The molecule has 128 valence electrons. The molecule has 1 aromatic carbocycles. The maximum atomic E-state index is 13.2. The zero-order chi connectivity index (χ0) is 17.8. The topological polar surface area (TPSA) is 84.0 Å². The Bertz CT molecular complexity index is 914. The van der Waals surface area contributed by atoms with Crippen LogP contribution in [0.15, 0.2) is 41.0 Å². The Morgan fingerprint density at radius 2 is 2.12 bits per heavy atom. The smallest absolute Gasteiger partial charge is 0.252 e. The first-order chi connectivity index (χ1) is 12.0. The number of nitrogens with one attached hydrogen (secondary N) is 2. The van der Waals surface area contributed by atoms with Crippen molar-refractivity contribution in [3.63, 3.8) is 0 Å². The molecule has 0 saturated heterocycles. The molecule has 0 aliphatic heterocycles. The van der Waals surface area contributed by atoms with Crippen molar-refractivity contribution in [2.45, 2.75) is 6.42 Å². The molecule has 0 aliphatic rings. The number of carbonyl (C=O) groups excluding carboxylic acids is 2. The van der Waals surface area contributed by atoms with Crippen LogP contribution in [-0.4, -0.2) is 28.3 Å². The molecular formula is C16H12BrFN4O2S. The molecule has 2 N–H and O–H groups in total. The molecule has 6 nitrogen and oxygen atoms in total. The number of halogens is 2. The molecule has 2 amide bonds. The number of hydrogen-bond donors (Lipinski definition) is 2. The fourth-order valence-corrected chi connectivity index (χ4v) is 3.31. The fraction of sp³-hybridized carbons (Fsp3) is 0.125. The predicted octanol–water partition coefficient (Wildman–Crippen LogP) is 3.35. The number of fused-ring (bicyclic) bond motifs is 1. The lowest BCUT2D eigenvalue weighted by Crippen LogP contribution is -2.28. The van der Waals surface area contributed by atoms with E-state index in [0.29, 0.717) is 15.1 Å². The molecule has 9 heteroatoms. The minimum atomic E-state index is -0.504. The van der Waals surface area contributed by atoms with Crippen LogP contribution >= 0.6 is 27.3 Å². The molecule has 0 bridgehead atoms. The maximum absolute atomic E-state index is 13.2. The quantitative estimate of drug-likeness (QED) is 0.660. The zero-order valence-corrected chi connectivity index (χ0v) is 15.2. The summed E-state index contributed by atoms with van der Waals surface area (Å²) < 4.78 is 13.7. The van der Waals surface area contributed by atoms with Crippen molar-refractivity contribution in [2.24, 2.45) is 0 Å². The number of rotatable bonds is 5. The molecule has 2 aromatic heterocycles. The Hall–Kier alpha value is -2.39. The van der Waals surface area contributed by atoms with Crippen LogP contribution in [0.4, 0.5) is 9.52 Å². The van der Waals surface area contributed by atoms with Gasteiger partial charge in [0.15, 0.2) is 5.13 Å². The van der Waals surface area contributed by atoms with Crippen molar-refractivity contribution < 1.29 is 14.0 Å². The van der Waals surface area contributed by atoms with Crippen LogP contribution in [0.2, 0.25) is 0 Å². The highest BCUT2D eigenvalue weighted by molar-refractivity contribution is 9.10. The van der Waals surface area contributed by atoms with Gasteiger partial charge in [-0.05, 0) is 46.3 Å². The molecule has 0 saturated carbocycles. The summed E-state index contributed by atoms with van der Waals surface area (Å²) in [5.41, 5.74) is 0.893. The van der Waals surface area contributed by atoms with E-state index in [2.05, 4.69) is 36.5 Å². The van der Waals surface area contributed by atoms with Gasteiger partial charge in [0.25, 0.3) is 5.91 Å². The van der Waals surface area contributed by atoms with E-state index in [4.69, 9.17) is 0 Å². The van der Waals surface area contributed by atoms with E-state index in [1.807, 2.05) is 6.07 Å². The van der Waals surface area contributed by atoms with E-state index in [-0.39, 0.29) is 24.4 Å². The summed E-state index contributed by atoms with van der Waals surface area (Å²) >= 11 is 4.47. The number of carbonyl (C=O) groups is 2. The largest absolute Gasteiger partial charge is 0.351 e. The molecule has 0 spiro atoms. The first-order valence-electron chi connectivity index (χ1n) is 7.27. The molecule has 3 aromatic rings. The highest BCUT2D eigenvalue weighted by atomic mass is 79.9. The molecule has 0 unspecified atom stereocenters. The minimum absolute atomic E-state index is 0.0715. The zero-order valence-electron chi connectivity index (χ0n) is 12.8. The summed E-state index contributed by atoms with van der Waals surface area (Å²) in [6.07, 6.45) is 1.73. The van der Waals surface area contributed by atoms with Gasteiger partial charge < -0.3 is 10.6 Å². The van der Waals surface area contributed by atoms with Crippen LogP contribution in [0.25, 0.3) is 10.3 Å². The first-order valence-corrected chi connectivity index (χ1v) is 8.88. The Labute approximate surface area is 154 Å². The van der Waals surface area contributed by atoms with Gasteiger partial charge in [-0.15, -0.1) is 0 Å². The normalized spacial score (nSPS) is 10.6. The Morgan fingerprint density at radius 1 is 1.28 bits per heavy atom. The number of thiazole rings is 1. The van der Waals surface area contributed by atoms with Crippen molar-refractivity contribution in [1.29, 1.82) is 0 Å². The number of amides is 2. The number of nitrogens with zero attached hydrogens (tertiary/aromatic N) is 2. The highest BCUT2D eigenvalue weighted by Gasteiger charge is 2.12. The van der Waals surface area contributed by atoms with Gasteiger partial charge in [0.05, 0.1) is 5.56 Å². The third-order valence-corrected chi connectivity index (χ3v) is 4.81. The summed E-state index contributed by atoms with van der Waals surface area (Å²) in [5.74, 6) is -1.24. The lowest BCUT2D eigenvalue weighted by molar-refractivity contribution is -0.116. The van der Waals surface area contributed by atoms with Gasteiger partial charge >= 0.3 is 0 Å². The number of aromatic nitrogens is 2. The van der Waals surface area contributed by atoms with Crippen molar-refractivity contribution in [1.82, 2.24) is 15.3 Å². The molecule has 0 radical (unpaired) electrons. The maximum Gasteiger partial charge on any atom is 0.252 e. The van der Waals surface area contributed by atoms with Gasteiger partial charge in [0.1, 0.15) is 16.2 Å². The van der Waals surface area contributed by atoms with E-state index in [0.717, 1.165) is 10.9 Å². The summed E-state index contributed by atoms with van der Waals surface area (Å²) in [4.78, 5) is 33.1. The van der Waals surface area contributed by atoms with Gasteiger partial charge in [-0.25, -0.2) is 14.4 Å². The fourth-order valence-electron chi connectivity index (χ4n) is 2.06. The monoisotopic (exact) mass is 422 g/mol. The molecule has 0 fully saturated rings. The second-order valence-electron chi connectivity index (χ2n) is 5.02. The lowest BCUT2D eigenvalue weighted by Gasteiger charge is -2.07. The third-order valence-electron chi connectivity index (χ3n) is 3.22. The van der Waals surface area contributed by atoms with Crippen LogP contribution in [0.5, 0.6) is 0 Å². The van der Waals surface area contributed by atoms with Crippen molar-refractivity contribution in [3.05, 3.63) is 52.4 Å². The number of hydrogen-bond acceptors (Lipinski definition) is 5. The average Bonchev–Trinajstić information content (AvgIpc) is 2.99. The van der Waals surface area contributed by atoms with E-state index < -0.39 is 11.7 Å². The van der Waals surface area contributed by atoms with E-state index >= 15 is 0 Å². The van der Waals surface area contributed by atoms with Crippen LogP contribution in [-0.2, 0) is 4.79 Å². The number of benzene rings is 1. The van der Waals surface area contributed by atoms with Gasteiger partial charge in [-0.2, -0.15) is 0 Å². The van der Waals surface area contributed by atoms with Crippen molar-refractivity contribution in [3.8, 4) is 0 Å². The van der Waals surface area contributed by atoms with Gasteiger partial charge in [-0.3, -0.25) is 9.59 Å². The Balaban J connectivity index is 1.52. The SMILES string of the molecule is O=C(CCNC(=O)c1cc(F)ccc1Br)Nc1nc2cccnc2s1. The Kier molecular flexibility index (Phi) is 5.34. The van der Waals surface area contributed by atoms with Crippen molar-refractivity contribution >= 4 is 54.6 Å². The summed E-state index contributed by atoms with van der Waals surface area (Å²) in [5, 5.41) is 5.71. The molecule has 25 heavy (non-hydrogen) atoms. The molecule has 0 atom stereocenters. The third kappa shape index (κ3) is 4.37. The second-order valence-corrected chi connectivity index (χ2v) is 6.86. The number of pyridine rings is 1. The van der Waals surface area contributed by atoms with Crippen LogP contribution in [0.1, 0.15) is 16.8 Å². The average molecular weight is 423 g/mol. The number of anilines is 1. The molecule has 2 heterocycles. The van der Waals surface area contributed by atoms with Crippen molar-refractivity contribution in [2.75, 3.05) is 11.9 Å². The minimum Gasteiger partial charge on any atom is -0.351 e. The van der Waals surface area contributed by atoms with Crippen LogP contribution in [0.3, 0.4) is 0 Å².